The summed E-state index contributed by atoms with van der Waals surface area (Å²) < 4.78 is 0. The third-order valence-electron chi connectivity index (χ3n) is 4.27. The van der Waals surface area contributed by atoms with Crippen molar-refractivity contribution in [3.05, 3.63) is 66.7 Å². The Morgan fingerprint density at radius 3 is 2.15 bits per heavy atom. The van der Waals surface area contributed by atoms with Gasteiger partial charge in [0.25, 0.3) is 0 Å². The Labute approximate surface area is 152 Å². The Balaban J connectivity index is 1.67. The van der Waals surface area contributed by atoms with Crippen molar-refractivity contribution in [2.45, 2.75) is 0 Å². The molecule has 1 heterocycles. The number of anilines is 3. The van der Waals surface area contributed by atoms with Crippen molar-refractivity contribution in [3.63, 3.8) is 0 Å². The Hall–Kier alpha value is -3.28. The van der Waals surface area contributed by atoms with Crippen LogP contribution < -0.4 is 20.2 Å². The summed E-state index contributed by atoms with van der Waals surface area (Å²) in [5, 5.41) is 13.2. The van der Waals surface area contributed by atoms with E-state index in [1.165, 1.54) is 5.69 Å². The minimum Gasteiger partial charge on any atom is -0.545 e. The number of para-hydroxylation sites is 3. The number of hydrogen-bond acceptors (Lipinski definition) is 5. The molecule has 1 saturated heterocycles. The monoisotopic (exact) mass is 350 g/mol. The van der Waals surface area contributed by atoms with Gasteiger partial charge in [-0.15, -0.1) is 0 Å². The molecule has 0 spiro atoms. The van der Waals surface area contributed by atoms with E-state index in [9.17, 15) is 14.7 Å². The normalized spacial score (nSPS) is 14.5. The Kier molecular flexibility index (Phi) is 5.53. The molecule has 1 aliphatic rings. The quantitative estimate of drug-likeness (QED) is 0.822. The number of carbonyl (C=O) groups excluding carboxylic acids is 2. The topological polar surface area (TPSA) is 75.7 Å². The lowest BCUT2D eigenvalue weighted by Crippen LogP contribution is -2.46. The number of rotatable bonds is 5. The predicted molar refractivity (Wildman–Crippen MR) is 100 cm³/mol. The maximum atomic E-state index is 11.9. The summed E-state index contributed by atoms with van der Waals surface area (Å²) in [5.74, 6) is -1.89. The summed E-state index contributed by atoms with van der Waals surface area (Å²) in [6, 6.07) is 17.8. The van der Waals surface area contributed by atoms with Crippen LogP contribution in [0.4, 0.5) is 17.1 Å². The first kappa shape index (κ1) is 17.5. The predicted octanol–water partition coefficient (Wildman–Crippen LogP) is 1.26. The zero-order valence-corrected chi connectivity index (χ0v) is 14.3. The van der Waals surface area contributed by atoms with Crippen LogP contribution in [-0.4, -0.2) is 38.1 Å². The Morgan fingerprint density at radius 2 is 1.46 bits per heavy atom. The van der Waals surface area contributed by atoms with Crippen LogP contribution in [0.15, 0.2) is 66.7 Å². The number of hydrogen-bond donors (Lipinski definition) is 1. The first-order valence-corrected chi connectivity index (χ1v) is 8.47. The largest absolute Gasteiger partial charge is 0.545 e. The van der Waals surface area contributed by atoms with Crippen LogP contribution in [0.25, 0.3) is 0 Å². The summed E-state index contributed by atoms with van der Waals surface area (Å²) in [6.07, 6.45) is 1.68. The molecular weight excluding hydrogens is 330 g/mol. The molecule has 1 N–H and O–H groups in total. The van der Waals surface area contributed by atoms with E-state index in [0.29, 0.717) is 5.69 Å². The molecular formula is C20H20N3O3-. The third kappa shape index (κ3) is 4.42. The number of nitrogens with one attached hydrogen (secondary N) is 1. The van der Waals surface area contributed by atoms with Crippen molar-refractivity contribution >= 4 is 28.9 Å². The van der Waals surface area contributed by atoms with Crippen LogP contribution in [0.2, 0.25) is 0 Å². The van der Waals surface area contributed by atoms with Gasteiger partial charge < -0.3 is 25.0 Å². The molecule has 0 saturated carbocycles. The lowest BCUT2D eigenvalue weighted by Gasteiger charge is -2.38. The molecule has 0 atom stereocenters. The van der Waals surface area contributed by atoms with Gasteiger partial charge in [-0.2, -0.15) is 0 Å². The van der Waals surface area contributed by atoms with Crippen molar-refractivity contribution in [3.8, 4) is 0 Å². The lowest BCUT2D eigenvalue weighted by atomic mass is 10.2. The first-order valence-electron chi connectivity index (χ1n) is 8.47. The number of nitrogens with zero attached hydrogens (tertiary/aromatic N) is 2. The molecule has 2 aromatic carbocycles. The molecule has 134 valence electrons. The molecule has 6 nitrogen and oxygen atoms in total. The molecule has 1 amide bonds. The summed E-state index contributed by atoms with van der Waals surface area (Å²) in [6.45, 7) is 3.43. The Bertz CT molecular complexity index is 797. The highest BCUT2D eigenvalue weighted by Crippen LogP contribution is 2.27. The van der Waals surface area contributed by atoms with Gasteiger partial charge in [-0.25, -0.2) is 0 Å². The molecule has 3 rings (SSSR count). The van der Waals surface area contributed by atoms with Gasteiger partial charge in [0.15, 0.2) is 0 Å². The summed E-state index contributed by atoms with van der Waals surface area (Å²) in [7, 11) is 0. The van der Waals surface area contributed by atoms with Gasteiger partial charge in [-0.1, -0.05) is 30.3 Å². The lowest BCUT2D eigenvalue weighted by molar-refractivity contribution is -0.297. The molecule has 0 radical (unpaired) electrons. The van der Waals surface area contributed by atoms with Gasteiger partial charge in [-0.3, -0.25) is 4.79 Å². The van der Waals surface area contributed by atoms with E-state index in [1.807, 2.05) is 42.5 Å². The van der Waals surface area contributed by atoms with Crippen LogP contribution in [-0.2, 0) is 9.59 Å². The minimum atomic E-state index is -1.40. The second-order valence-corrected chi connectivity index (χ2v) is 5.97. The van der Waals surface area contributed by atoms with Crippen molar-refractivity contribution in [2.24, 2.45) is 0 Å². The van der Waals surface area contributed by atoms with E-state index in [2.05, 4.69) is 27.2 Å². The molecule has 0 bridgehead atoms. The highest BCUT2D eigenvalue weighted by atomic mass is 16.4. The molecule has 1 aliphatic heterocycles. The number of benzene rings is 2. The van der Waals surface area contributed by atoms with E-state index in [0.717, 1.165) is 44.0 Å². The van der Waals surface area contributed by atoms with E-state index in [1.54, 1.807) is 0 Å². The molecule has 1 fully saturated rings. The van der Waals surface area contributed by atoms with Crippen LogP contribution in [0.5, 0.6) is 0 Å². The highest BCUT2D eigenvalue weighted by Gasteiger charge is 2.19. The number of carboxylic acids is 1. The number of aliphatic carboxylic acids is 1. The summed E-state index contributed by atoms with van der Waals surface area (Å²) >= 11 is 0. The van der Waals surface area contributed by atoms with Crippen molar-refractivity contribution < 1.29 is 14.7 Å². The average molecular weight is 350 g/mol. The standard InChI is InChI=1S/C20H21N3O3/c24-19(10-11-20(25)26)21-17-8-4-5-9-18(17)23-14-12-22(13-15-23)16-6-2-1-3-7-16/h1-11H,12-15H2,(H,21,24)(H,25,26)/p-1. The van der Waals surface area contributed by atoms with Crippen LogP contribution in [0.3, 0.4) is 0 Å². The SMILES string of the molecule is O=C([O-])C=CC(=O)Nc1ccccc1N1CCN(c2ccccc2)CC1. The second kappa shape index (κ2) is 8.20. The van der Waals surface area contributed by atoms with E-state index in [4.69, 9.17) is 0 Å². The fourth-order valence-corrected chi connectivity index (χ4v) is 3.02. The number of amides is 1. The number of piperazine rings is 1. The van der Waals surface area contributed by atoms with Gasteiger partial charge in [0.05, 0.1) is 17.3 Å². The number of carboxylic acid groups (broad SMARTS) is 1. The molecule has 2 aromatic rings. The van der Waals surface area contributed by atoms with Gasteiger partial charge in [0.2, 0.25) is 5.91 Å². The van der Waals surface area contributed by atoms with E-state index < -0.39 is 11.9 Å². The minimum absolute atomic E-state index is 0.496. The highest BCUT2D eigenvalue weighted by molar-refractivity contribution is 6.03. The zero-order valence-electron chi connectivity index (χ0n) is 14.3. The maximum absolute atomic E-state index is 11.9. The van der Waals surface area contributed by atoms with Gasteiger partial charge in [0.1, 0.15) is 0 Å². The van der Waals surface area contributed by atoms with Crippen molar-refractivity contribution in [2.75, 3.05) is 41.3 Å². The molecule has 26 heavy (non-hydrogen) atoms. The average Bonchev–Trinajstić information content (AvgIpc) is 2.68. The summed E-state index contributed by atoms with van der Waals surface area (Å²) in [5.41, 5.74) is 2.80. The van der Waals surface area contributed by atoms with Gasteiger partial charge in [-0.05, 0) is 30.3 Å². The molecule has 0 aliphatic carbocycles. The van der Waals surface area contributed by atoms with Crippen LogP contribution in [0, 0.1) is 0 Å². The number of carbonyl (C=O) groups is 2. The fourth-order valence-electron chi connectivity index (χ4n) is 3.02. The van der Waals surface area contributed by atoms with Crippen LogP contribution in [0.1, 0.15) is 0 Å². The fraction of sp³-hybridized carbons (Fsp3) is 0.200. The van der Waals surface area contributed by atoms with Gasteiger partial charge in [0, 0.05) is 37.9 Å². The first-order chi connectivity index (χ1) is 12.6. The summed E-state index contributed by atoms with van der Waals surface area (Å²) in [4.78, 5) is 26.9. The molecule has 0 unspecified atom stereocenters. The van der Waals surface area contributed by atoms with Crippen LogP contribution >= 0.6 is 0 Å². The van der Waals surface area contributed by atoms with E-state index >= 15 is 0 Å². The molecule has 0 aromatic heterocycles. The second-order valence-electron chi connectivity index (χ2n) is 5.97. The van der Waals surface area contributed by atoms with Gasteiger partial charge >= 0.3 is 0 Å². The Morgan fingerprint density at radius 1 is 0.846 bits per heavy atom. The van der Waals surface area contributed by atoms with Crippen molar-refractivity contribution in [1.29, 1.82) is 0 Å². The van der Waals surface area contributed by atoms with E-state index in [-0.39, 0.29) is 0 Å². The maximum Gasteiger partial charge on any atom is 0.248 e. The zero-order chi connectivity index (χ0) is 18.4. The smallest absolute Gasteiger partial charge is 0.248 e. The third-order valence-corrected chi connectivity index (χ3v) is 4.27. The van der Waals surface area contributed by atoms with Crippen molar-refractivity contribution in [1.82, 2.24) is 0 Å². The molecule has 6 heteroatoms.